The van der Waals surface area contributed by atoms with Gasteiger partial charge < -0.3 is 4.74 Å². The monoisotopic (exact) mass is 910 g/mol. The number of rotatable bonds is 5. The number of methoxy groups -OCH3 is 1. The van der Waals surface area contributed by atoms with Gasteiger partial charge in [0.15, 0.2) is 0 Å². The van der Waals surface area contributed by atoms with Crippen LogP contribution < -0.4 is 0 Å². The van der Waals surface area contributed by atoms with Crippen LogP contribution in [-0.2, 0) is 25.8 Å². The summed E-state index contributed by atoms with van der Waals surface area (Å²) in [5.74, 6) is -0.0798. The SMILES string of the molecule is COC(=O)CCCC1(c2ccccc2)C23c4c5c6c7c8c9c(c%10c%11c2c2c4c4c%12c5c5c6c6c8c8c%13c9c9c%10c%10c%11c%11c2c2c4c4c%12c%12c5c5c6c8c6c8c%13c9c9c%10c%10c%11c2c2c4c4c%12c5c6c5c8c9c%10c2c45)C713. The molecule has 0 aliphatic heterocycles. The number of carbonyl (C=O) groups is 1. The van der Waals surface area contributed by atoms with E-state index >= 15 is 0 Å². The normalized spacial score (nSPS) is 23.6. The minimum atomic E-state index is -0.344. The van der Waals surface area contributed by atoms with Crippen molar-refractivity contribution in [2.75, 3.05) is 7.11 Å². The van der Waals surface area contributed by atoms with Gasteiger partial charge in [-0.2, -0.15) is 0 Å². The van der Waals surface area contributed by atoms with Gasteiger partial charge >= 0.3 is 5.97 Å². The lowest BCUT2D eigenvalue weighted by molar-refractivity contribution is -0.140. The highest BCUT2D eigenvalue weighted by Crippen LogP contribution is 2.97. The fourth-order valence-corrected chi connectivity index (χ4v) is 27.0. The van der Waals surface area contributed by atoms with E-state index in [2.05, 4.69) is 30.3 Å². The van der Waals surface area contributed by atoms with E-state index in [4.69, 9.17) is 4.74 Å². The van der Waals surface area contributed by atoms with E-state index in [1.165, 1.54) is 5.56 Å². The molecule has 0 atom stereocenters. The van der Waals surface area contributed by atoms with Gasteiger partial charge in [0, 0.05) is 22.7 Å². The molecule has 2 nitrogen and oxygen atoms in total. The molecule has 314 valence electrons. The van der Waals surface area contributed by atoms with E-state index in [0.717, 1.165) is 12.8 Å². The van der Waals surface area contributed by atoms with Crippen molar-refractivity contribution in [2.24, 2.45) is 0 Å². The average Bonchev–Trinajstić information content (AvgIpc) is 2.83. The Hall–Kier alpha value is -8.85. The van der Waals surface area contributed by atoms with Gasteiger partial charge in [0.1, 0.15) is 0 Å². The molecule has 2 heteroatoms. The van der Waals surface area contributed by atoms with Crippen molar-refractivity contribution >= 4 is 297 Å². The van der Waals surface area contributed by atoms with Gasteiger partial charge in [-0.05, 0) is 332 Å². The summed E-state index contributed by atoms with van der Waals surface area (Å²) in [6.45, 7) is 0. The third kappa shape index (κ3) is 1.50. The van der Waals surface area contributed by atoms with E-state index in [-0.39, 0.29) is 22.2 Å². The van der Waals surface area contributed by atoms with E-state index in [1.807, 2.05) is 0 Å². The van der Waals surface area contributed by atoms with Crippen LogP contribution in [0.5, 0.6) is 0 Å². The zero-order valence-corrected chi connectivity index (χ0v) is 38.3. The first-order valence-electron chi connectivity index (χ1n) is 27.7. The zero-order valence-electron chi connectivity index (χ0n) is 38.3. The Morgan fingerprint density at radius 2 is 0.486 bits per heavy atom. The maximum absolute atomic E-state index is 13.7. The lowest BCUT2D eigenvalue weighted by Crippen LogP contribution is -2.27. The first kappa shape index (κ1) is 28.4. The van der Waals surface area contributed by atoms with Gasteiger partial charge in [0.2, 0.25) is 0 Å². The molecule has 0 unspecified atom stereocenters. The lowest BCUT2D eigenvalue weighted by Gasteiger charge is -2.32. The van der Waals surface area contributed by atoms with Crippen molar-refractivity contribution in [2.45, 2.75) is 35.5 Å². The van der Waals surface area contributed by atoms with Gasteiger partial charge in [-0.15, -0.1) is 0 Å². The largest absolute Gasteiger partial charge is 0.469 e. The third-order valence-corrected chi connectivity index (χ3v) is 27.0. The molecule has 0 N–H and O–H groups in total. The van der Waals surface area contributed by atoms with Gasteiger partial charge in [-0.1, -0.05) is 30.3 Å². The molecule has 34 rings (SSSR count). The van der Waals surface area contributed by atoms with Crippen LogP contribution in [0.15, 0.2) is 30.3 Å². The standard InChI is InChI=1S/C72H14O2/c1-74-11(73)8-5-9-70(10-6-3-2-4-7-10)71-66-58-50-40-30-22-14-12-13-16-20-18(14)26-34-28(20)38-32-24(16)25-17(13)21-19-15(12)23(22)31-37-27(19)35-29(21)39-33(25)43-42(32)52-46(38)56-48(34)54(44(50)36(26)30)62(66)64(56)68-60(52)61-53(43)47(39)57-49(35)55-45(37)51(41(31)40)59(58)67(71)63(55)65(57)69(61)72(68,70)71/h2-4,6-7H,5,8-9H2,1H3. The predicted molar refractivity (Wildman–Crippen MR) is 308 cm³/mol. The molecular weight excluding hydrogens is 897 g/mol. The molecule has 1 fully saturated rings. The molecule has 29 aromatic rings. The molecule has 2 spiro atoms. The number of ether oxygens (including phenoxy) is 1. The fourth-order valence-electron chi connectivity index (χ4n) is 27.0. The molecule has 0 heterocycles. The molecule has 0 saturated heterocycles. The summed E-state index contributed by atoms with van der Waals surface area (Å²) in [5, 5.41) is 88.4. The minimum absolute atomic E-state index is 0.0798. The quantitative estimate of drug-likeness (QED) is 0.127. The Kier molecular flexibility index (Phi) is 2.50. The molecule has 29 aromatic carbocycles. The summed E-state index contributed by atoms with van der Waals surface area (Å²) in [6, 6.07) is 12.1. The molecule has 1 saturated carbocycles. The number of benzene rings is 19. The Bertz CT molecular complexity index is 6960. The van der Waals surface area contributed by atoms with Crippen molar-refractivity contribution in [3.05, 3.63) is 58.1 Å². The van der Waals surface area contributed by atoms with Gasteiger partial charge in [-0.3, -0.25) is 4.79 Å². The number of hydrogen-bond acceptors (Lipinski definition) is 2. The maximum Gasteiger partial charge on any atom is 0.305 e. The molecule has 74 heavy (non-hydrogen) atoms. The van der Waals surface area contributed by atoms with Gasteiger partial charge in [0.05, 0.1) is 7.11 Å². The second-order valence-electron chi connectivity index (χ2n) is 27.0. The average molecular weight is 911 g/mol. The van der Waals surface area contributed by atoms with E-state index in [9.17, 15) is 4.79 Å². The Morgan fingerprint density at radius 1 is 0.297 bits per heavy atom. The Balaban J connectivity index is 1.11. The highest BCUT2D eigenvalue weighted by molar-refractivity contribution is 6.82. The maximum atomic E-state index is 13.7. The Labute approximate surface area is 404 Å². The third-order valence-electron chi connectivity index (χ3n) is 27.0. The molecular formula is C72H14O2. The van der Waals surface area contributed by atoms with Crippen LogP contribution in [0, 0.1) is 0 Å². The molecule has 5 aliphatic rings. The molecule has 0 aromatic heterocycles. The van der Waals surface area contributed by atoms with Crippen molar-refractivity contribution in [3.8, 4) is 0 Å². The summed E-state index contributed by atoms with van der Waals surface area (Å²) in [5.41, 5.74) is 7.33. The molecule has 0 radical (unpaired) electrons. The van der Waals surface area contributed by atoms with Gasteiger partial charge in [0.25, 0.3) is 0 Å². The summed E-state index contributed by atoms with van der Waals surface area (Å²) in [4.78, 5) is 13.7. The minimum Gasteiger partial charge on any atom is -0.469 e. The fraction of sp³-hybridized carbons (Fsp3) is 0.0972. The van der Waals surface area contributed by atoms with Crippen LogP contribution in [0.25, 0.3) is 291 Å². The number of esters is 1. The van der Waals surface area contributed by atoms with Crippen LogP contribution in [-0.4, -0.2) is 13.1 Å². The highest BCUT2D eigenvalue weighted by Gasteiger charge is 2.94. The van der Waals surface area contributed by atoms with Crippen LogP contribution in [0.4, 0.5) is 0 Å². The van der Waals surface area contributed by atoms with Gasteiger partial charge in [-0.25, -0.2) is 0 Å². The van der Waals surface area contributed by atoms with Crippen molar-refractivity contribution in [3.63, 3.8) is 0 Å². The summed E-state index contributed by atoms with van der Waals surface area (Å²) >= 11 is 0. The predicted octanol–water partition coefficient (Wildman–Crippen LogP) is 18.6. The van der Waals surface area contributed by atoms with E-state index in [0.29, 0.717) is 6.42 Å². The summed E-state index contributed by atoms with van der Waals surface area (Å²) in [7, 11) is 1.59. The van der Waals surface area contributed by atoms with Crippen LogP contribution in [0.3, 0.4) is 0 Å². The zero-order chi connectivity index (χ0) is 44.5. The first-order valence-corrected chi connectivity index (χ1v) is 27.7. The van der Waals surface area contributed by atoms with Crippen molar-refractivity contribution in [1.29, 1.82) is 0 Å². The molecule has 5 aliphatic carbocycles. The summed E-state index contributed by atoms with van der Waals surface area (Å²) < 4.78 is 5.56. The van der Waals surface area contributed by atoms with Crippen LogP contribution in [0.2, 0.25) is 0 Å². The van der Waals surface area contributed by atoms with Crippen LogP contribution in [0.1, 0.15) is 47.1 Å². The van der Waals surface area contributed by atoms with E-state index in [1.54, 1.807) is 320 Å². The van der Waals surface area contributed by atoms with Crippen molar-refractivity contribution in [1.82, 2.24) is 0 Å². The first-order chi connectivity index (χ1) is 36.8. The lowest BCUT2D eigenvalue weighted by atomic mass is 9.68. The smallest absolute Gasteiger partial charge is 0.305 e. The Morgan fingerprint density at radius 3 is 0.676 bits per heavy atom. The molecule has 0 bridgehead atoms. The topological polar surface area (TPSA) is 26.3 Å². The van der Waals surface area contributed by atoms with E-state index < -0.39 is 0 Å². The number of hydrogen-bond donors (Lipinski definition) is 0. The highest BCUT2D eigenvalue weighted by atomic mass is 16.5. The number of carbonyl (C=O) groups excluding carboxylic acids is 1. The van der Waals surface area contributed by atoms with Crippen molar-refractivity contribution < 1.29 is 9.53 Å². The second-order valence-corrected chi connectivity index (χ2v) is 27.0. The second kappa shape index (κ2) is 6.52. The summed E-state index contributed by atoms with van der Waals surface area (Å²) in [6.07, 6.45) is 2.17. The molecule has 0 amide bonds. The van der Waals surface area contributed by atoms with Crippen LogP contribution >= 0.6 is 0 Å².